The third kappa shape index (κ3) is 5.59. The van der Waals surface area contributed by atoms with Gasteiger partial charge in [-0.1, -0.05) is 30.3 Å². The summed E-state index contributed by atoms with van der Waals surface area (Å²) >= 11 is 0. The predicted molar refractivity (Wildman–Crippen MR) is 96.8 cm³/mol. The molecule has 2 aromatic rings. The van der Waals surface area contributed by atoms with Crippen molar-refractivity contribution in [3.8, 4) is 5.75 Å². The van der Waals surface area contributed by atoms with Crippen molar-refractivity contribution in [3.63, 3.8) is 0 Å². The van der Waals surface area contributed by atoms with E-state index in [0.717, 1.165) is 5.69 Å². The van der Waals surface area contributed by atoms with Gasteiger partial charge in [-0.05, 0) is 31.2 Å². The molecular weight excluding hydrogens is 304 g/mol. The third-order valence-electron chi connectivity index (χ3n) is 3.43. The largest absolute Gasteiger partial charge is 0.489 e. The summed E-state index contributed by atoms with van der Waals surface area (Å²) in [6.07, 6.45) is 0. The van der Waals surface area contributed by atoms with Gasteiger partial charge >= 0.3 is 0 Å². The van der Waals surface area contributed by atoms with E-state index < -0.39 is 0 Å². The number of benzene rings is 2. The van der Waals surface area contributed by atoms with Crippen molar-refractivity contribution in [2.45, 2.75) is 6.92 Å². The molecule has 0 fully saturated rings. The minimum Gasteiger partial charge on any atom is -0.489 e. The Bertz CT molecular complexity index is 632. The SMILES string of the molecule is CCOCCOc1ccccc1NC(=O)CN(C)c1ccccc1. The van der Waals surface area contributed by atoms with E-state index in [2.05, 4.69) is 5.32 Å². The summed E-state index contributed by atoms with van der Waals surface area (Å²) in [6, 6.07) is 17.2. The van der Waals surface area contributed by atoms with E-state index in [-0.39, 0.29) is 12.5 Å². The van der Waals surface area contributed by atoms with E-state index in [4.69, 9.17) is 9.47 Å². The number of anilines is 2. The second-order valence-electron chi connectivity index (χ2n) is 5.28. The topological polar surface area (TPSA) is 50.8 Å². The number of rotatable bonds is 9. The maximum atomic E-state index is 12.3. The van der Waals surface area contributed by atoms with E-state index in [9.17, 15) is 4.79 Å². The van der Waals surface area contributed by atoms with Crippen LogP contribution in [-0.2, 0) is 9.53 Å². The number of carbonyl (C=O) groups is 1. The van der Waals surface area contributed by atoms with E-state index in [1.807, 2.05) is 73.5 Å². The molecule has 24 heavy (non-hydrogen) atoms. The molecule has 0 unspecified atom stereocenters. The van der Waals surface area contributed by atoms with Gasteiger partial charge in [0, 0.05) is 19.3 Å². The van der Waals surface area contributed by atoms with Crippen LogP contribution in [0.1, 0.15) is 6.92 Å². The number of carbonyl (C=O) groups excluding carboxylic acids is 1. The Balaban J connectivity index is 1.91. The van der Waals surface area contributed by atoms with E-state index >= 15 is 0 Å². The zero-order chi connectivity index (χ0) is 17.2. The molecular formula is C19H24N2O3. The molecule has 5 heteroatoms. The molecule has 0 heterocycles. The van der Waals surface area contributed by atoms with Crippen LogP contribution in [0.4, 0.5) is 11.4 Å². The van der Waals surface area contributed by atoms with Crippen molar-refractivity contribution >= 4 is 17.3 Å². The average Bonchev–Trinajstić information content (AvgIpc) is 2.60. The first-order valence-corrected chi connectivity index (χ1v) is 8.06. The molecule has 2 rings (SSSR count). The van der Waals surface area contributed by atoms with Crippen LogP contribution in [0.15, 0.2) is 54.6 Å². The fourth-order valence-corrected chi connectivity index (χ4v) is 2.23. The molecule has 0 saturated carbocycles. The molecule has 2 aromatic carbocycles. The van der Waals surface area contributed by atoms with Crippen molar-refractivity contribution in [1.29, 1.82) is 0 Å². The van der Waals surface area contributed by atoms with Gasteiger partial charge in [-0.15, -0.1) is 0 Å². The van der Waals surface area contributed by atoms with Gasteiger partial charge in [-0.2, -0.15) is 0 Å². The molecule has 0 saturated heterocycles. The van der Waals surface area contributed by atoms with Gasteiger partial charge in [0.1, 0.15) is 12.4 Å². The van der Waals surface area contributed by atoms with Crippen molar-refractivity contribution in [2.75, 3.05) is 43.6 Å². The fraction of sp³-hybridized carbons (Fsp3) is 0.316. The maximum Gasteiger partial charge on any atom is 0.243 e. The van der Waals surface area contributed by atoms with Gasteiger partial charge in [0.2, 0.25) is 5.91 Å². The van der Waals surface area contributed by atoms with Crippen molar-refractivity contribution in [3.05, 3.63) is 54.6 Å². The second kappa shape index (κ2) is 9.57. The maximum absolute atomic E-state index is 12.3. The monoisotopic (exact) mass is 328 g/mol. The van der Waals surface area contributed by atoms with Crippen LogP contribution in [0.3, 0.4) is 0 Å². The van der Waals surface area contributed by atoms with E-state index in [1.165, 1.54) is 0 Å². The molecule has 5 nitrogen and oxygen atoms in total. The summed E-state index contributed by atoms with van der Waals surface area (Å²) < 4.78 is 10.9. The lowest BCUT2D eigenvalue weighted by Gasteiger charge is -2.19. The Morgan fingerprint density at radius 1 is 1.04 bits per heavy atom. The molecule has 128 valence electrons. The third-order valence-corrected chi connectivity index (χ3v) is 3.43. The molecule has 0 bridgehead atoms. The number of amides is 1. The molecule has 0 aliphatic rings. The zero-order valence-electron chi connectivity index (χ0n) is 14.2. The highest BCUT2D eigenvalue weighted by Crippen LogP contribution is 2.23. The first kappa shape index (κ1) is 17.8. The summed E-state index contributed by atoms with van der Waals surface area (Å²) in [5, 5.41) is 2.91. The highest BCUT2D eigenvalue weighted by Gasteiger charge is 2.10. The van der Waals surface area contributed by atoms with Gasteiger partial charge in [0.05, 0.1) is 18.8 Å². The van der Waals surface area contributed by atoms with Gasteiger partial charge in [-0.3, -0.25) is 4.79 Å². The zero-order valence-corrected chi connectivity index (χ0v) is 14.2. The first-order chi connectivity index (χ1) is 11.7. The summed E-state index contributed by atoms with van der Waals surface area (Å²) in [7, 11) is 1.89. The standard InChI is InChI=1S/C19H24N2O3/c1-3-23-13-14-24-18-12-8-7-11-17(18)20-19(22)15-21(2)16-9-5-4-6-10-16/h4-12H,3,13-15H2,1-2H3,(H,20,22). The highest BCUT2D eigenvalue weighted by atomic mass is 16.5. The molecule has 0 aliphatic carbocycles. The summed E-state index contributed by atoms with van der Waals surface area (Å²) in [4.78, 5) is 14.2. The Labute approximate surface area is 143 Å². The number of hydrogen-bond donors (Lipinski definition) is 1. The smallest absolute Gasteiger partial charge is 0.243 e. The lowest BCUT2D eigenvalue weighted by Crippen LogP contribution is -2.30. The number of ether oxygens (including phenoxy) is 2. The van der Waals surface area contributed by atoms with Crippen LogP contribution in [-0.4, -0.2) is 39.3 Å². The van der Waals surface area contributed by atoms with Crippen LogP contribution >= 0.6 is 0 Å². The fourth-order valence-electron chi connectivity index (χ4n) is 2.23. The quantitative estimate of drug-likeness (QED) is 0.718. The summed E-state index contributed by atoms with van der Waals surface area (Å²) in [6.45, 7) is 3.84. The molecule has 1 N–H and O–H groups in total. The first-order valence-electron chi connectivity index (χ1n) is 8.06. The minimum atomic E-state index is -0.0952. The van der Waals surface area contributed by atoms with Gasteiger partial charge in [0.15, 0.2) is 0 Å². The number of hydrogen-bond acceptors (Lipinski definition) is 4. The highest BCUT2D eigenvalue weighted by molar-refractivity contribution is 5.95. The van der Waals surface area contributed by atoms with Crippen LogP contribution in [0, 0.1) is 0 Å². The Kier molecular flexibility index (Phi) is 7.11. The van der Waals surface area contributed by atoms with Gasteiger partial charge in [-0.25, -0.2) is 0 Å². The number of para-hydroxylation sites is 3. The van der Waals surface area contributed by atoms with Crippen LogP contribution in [0.5, 0.6) is 5.75 Å². The Morgan fingerprint density at radius 2 is 1.75 bits per heavy atom. The summed E-state index contributed by atoms with van der Waals surface area (Å²) in [5.74, 6) is 0.551. The molecule has 0 aromatic heterocycles. The summed E-state index contributed by atoms with van der Waals surface area (Å²) in [5.41, 5.74) is 1.66. The molecule has 0 spiro atoms. The van der Waals surface area contributed by atoms with E-state index in [1.54, 1.807) is 0 Å². The van der Waals surface area contributed by atoms with Crippen LogP contribution in [0.2, 0.25) is 0 Å². The number of nitrogens with one attached hydrogen (secondary N) is 1. The minimum absolute atomic E-state index is 0.0952. The predicted octanol–water partition coefficient (Wildman–Crippen LogP) is 3.18. The second-order valence-corrected chi connectivity index (χ2v) is 5.28. The van der Waals surface area contributed by atoms with Gasteiger partial charge in [0.25, 0.3) is 0 Å². The molecule has 0 aliphatic heterocycles. The van der Waals surface area contributed by atoms with E-state index in [0.29, 0.717) is 31.3 Å². The number of nitrogens with zero attached hydrogens (tertiary/aromatic N) is 1. The van der Waals surface area contributed by atoms with Gasteiger partial charge < -0.3 is 19.7 Å². The average molecular weight is 328 g/mol. The molecule has 0 radical (unpaired) electrons. The van der Waals surface area contributed by atoms with Crippen molar-refractivity contribution < 1.29 is 14.3 Å². The Hall–Kier alpha value is -2.53. The lowest BCUT2D eigenvalue weighted by molar-refractivity contribution is -0.114. The van der Waals surface area contributed by atoms with Crippen molar-refractivity contribution in [2.24, 2.45) is 0 Å². The molecule has 1 amide bonds. The number of likely N-dealkylation sites (N-methyl/N-ethyl adjacent to an activating group) is 1. The van der Waals surface area contributed by atoms with Crippen LogP contribution < -0.4 is 15.0 Å². The normalized spacial score (nSPS) is 10.2. The van der Waals surface area contributed by atoms with Crippen LogP contribution in [0.25, 0.3) is 0 Å². The van der Waals surface area contributed by atoms with Crippen molar-refractivity contribution in [1.82, 2.24) is 0 Å². The Morgan fingerprint density at radius 3 is 2.50 bits per heavy atom. The molecule has 0 atom stereocenters. The lowest BCUT2D eigenvalue weighted by atomic mass is 10.2.